The third kappa shape index (κ3) is 5.68. The molecule has 2 saturated heterocycles. The highest BCUT2D eigenvalue weighted by molar-refractivity contribution is 7.89. The van der Waals surface area contributed by atoms with E-state index in [4.69, 9.17) is 4.74 Å². The summed E-state index contributed by atoms with van der Waals surface area (Å²) in [6, 6.07) is 6.09. The molecule has 2 fully saturated rings. The first-order valence-corrected chi connectivity index (χ1v) is 12.9. The number of piperazine rings is 1. The molecule has 9 heteroatoms. The number of benzene rings is 1. The van der Waals surface area contributed by atoms with Gasteiger partial charge in [0.15, 0.2) is 0 Å². The summed E-state index contributed by atoms with van der Waals surface area (Å²) in [4.78, 5) is 29.3. The van der Waals surface area contributed by atoms with Gasteiger partial charge in [0.1, 0.15) is 0 Å². The van der Waals surface area contributed by atoms with Crippen molar-refractivity contribution in [3.63, 3.8) is 0 Å². The van der Waals surface area contributed by atoms with Crippen LogP contribution < -0.4 is 0 Å². The molecule has 3 rings (SSSR count). The van der Waals surface area contributed by atoms with E-state index in [1.54, 1.807) is 12.1 Å². The number of methoxy groups -OCH3 is 1. The molecule has 1 amide bonds. The minimum Gasteiger partial charge on any atom is -0.465 e. The number of hydrogen-bond acceptors (Lipinski definition) is 6. The molecule has 32 heavy (non-hydrogen) atoms. The summed E-state index contributed by atoms with van der Waals surface area (Å²) in [5, 5.41) is 0. The topological polar surface area (TPSA) is 87.2 Å². The fourth-order valence-electron chi connectivity index (χ4n) is 4.34. The first kappa shape index (κ1) is 24.7. The van der Waals surface area contributed by atoms with Crippen LogP contribution >= 0.6 is 0 Å². The molecule has 1 aromatic carbocycles. The molecule has 0 bridgehead atoms. The number of sulfonamides is 1. The second-order valence-corrected chi connectivity index (χ2v) is 10.9. The molecule has 0 atom stereocenters. The largest absolute Gasteiger partial charge is 0.465 e. The number of esters is 1. The van der Waals surface area contributed by atoms with Crippen molar-refractivity contribution in [3.8, 4) is 0 Å². The van der Waals surface area contributed by atoms with Gasteiger partial charge >= 0.3 is 5.97 Å². The monoisotopic (exact) mass is 465 g/mol. The molecule has 0 unspecified atom stereocenters. The van der Waals surface area contributed by atoms with E-state index in [0.717, 1.165) is 32.7 Å². The summed E-state index contributed by atoms with van der Waals surface area (Å²) in [5.41, 5.74) is 0.0311. The van der Waals surface area contributed by atoms with Gasteiger partial charge in [-0.05, 0) is 43.9 Å². The lowest BCUT2D eigenvalue weighted by Crippen LogP contribution is -2.52. The van der Waals surface area contributed by atoms with Crippen molar-refractivity contribution in [2.45, 2.75) is 38.0 Å². The van der Waals surface area contributed by atoms with Gasteiger partial charge < -0.3 is 9.64 Å². The smallest absolute Gasteiger partial charge is 0.339 e. The Kier molecular flexibility index (Phi) is 8.30. The van der Waals surface area contributed by atoms with E-state index in [2.05, 4.69) is 18.7 Å². The summed E-state index contributed by atoms with van der Waals surface area (Å²) < 4.78 is 32.5. The highest BCUT2D eigenvalue weighted by atomic mass is 32.2. The van der Waals surface area contributed by atoms with E-state index in [0.29, 0.717) is 18.8 Å². The Labute approximate surface area is 191 Å². The van der Waals surface area contributed by atoms with Crippen LogP contribution in [0.25, 0.3) is 0 Å². The first-order chi connectivity index (χ1) is 15.2. The standard InChI is InChI=1S/C23H35N3O5S/c1-18(2)8-11-24-14-16-25(17-15-24)22(27)19-9-12-26(13-10-19)32(29,30)21-7-5-4-6-20(21)23(28)31-3/h4-7,18-19H,8-17H2,1-3H3. The van der Waals surface area contributed by atoms with Gasteiger partial charge in [-0.25, -0.2) is 13.2 Å². The van der Waals surface area contributed by atoms with Gasteiger partial charge in [-0.1, -0.05) is 26.0 Å². The van der Waals surface area contributed by atoms with Crippen LogP contribution in [0, 0.1) is 11.8 Å². The zero-order valence-electron chi connectivity index (χ0n) is 19.3. The quantitative estimate of drug-likeness (QED) is 0.573. The Balaban J connectivity index is 1.56. The zero-order valence-corrected chi connectivity index (χ0v) is 20.1. The molecule has 0 aliphatic carbocycles. The van der Waals surface area contributed by atoms with Crippen molar-refractivity contribution in [1.29, 1.82) is 0 Å². The fraction of sp³-hybridized carbons (Fsp3) is 0.652. The van der Waals surface area contributed by atoms with E-state index in [1.165, 1.54) is 30.0 Å². The van der Waals surface area contributed by atoms with Gasteiger partial charge in [0.2, 0.25) is 15.9 Å². The van der Waals surface area contributed by atoms with E-state index in [-0.39, 0.29) is 35.4 Å². The SMILES string of the molecule is COC(=O)c1ccccc1S(=O)(=O)N1CCC(C(=O)N2CCN(CCC(C)C)CC2)CC1. The molecule has 0 spiro atoms. The van der Waals surface area contributed by atoms with Crippen LogP contribution in [0.2, 0.25) is 0 Å². The fourth-order valence-corrected chi connectivity index (χ4v) is 5.99. The molecule has 2 aliphatic heterocycles. The van der Waals surface area contributed by atoms with Gasteiger partial charge in [0, 0.05) is 45.2 Å². The number of carbonyl (C=O) groups excluding carboxylic acids is 2. The summed E-state index contributed by atoms with van der Waals surface area (Å²) in [5.74, 6) is -0.0162. The molecule has 2 heterocycles. The van der Waals surface area contributed by atoms with Crippen molar-refractivity contribution in [1.82, 2.24) is 14.1 Å². The Morgan fingerprint density at radius 3 is 2.25 bits per heavy atom. The van der Waals surface area contributed by atoms with Gasteiger partial charge in [-0.15, -0.1) is 0 Å². The van der Waals surface area contributed by atoms with E-state index in [9.17, 15) is 18.0 Å². The second-order valence-electron chi connectivity index (χ2n) is 9.02. The summed E-state index contributed by atoms with van der Waals surface area (Å²) >= 11 is 0. The number of carbonyl (C=O) groups is 2. The number of nitrogens with zero attached hydrogens (tertiary/aromatic N) is 3. The predicted octanol–water partition coefficient (Wildman–Crippen LogP) is 2.06. The molecular weight excluding hydrogens is 430 g/mol. The van der Waals surface area contributed by atoms with Gasteiger partial charge in [0.25, 0.3) is 0 Å². The molecule has 1 aromatic rings. The first-order valence-electron chi connectivity index (χ1n) is 11.4. The van der Waals surface area contributed by atoms with E-state index >= 15 is 0 Å². The van der Waals surface area contributed by atoms with Crippen molar-refractivity contribution in [3.05, 3.63) is 29.8 Å². The van der Waals surface area contributed by atoms with Crippen molar-refractivity contribution in [2.75, 3.05) is 52.9 Å². The lowest BCUT2D eigenvalue weighted by Gasteiger charge is -2.38. The predicted molar refractivity (Wildman–Crippen MR) is 122 cm³/mol. The Morgan fingerprint density at radius 1 is 1.03 bits per heavy atom. The Morgan fingerprint density at radius 2 is 1.66 bits per heavy atom. The number of amides is 1. The number of piperidine rings is 1. The molecule has 0 saturated carbocycles. The summed E-state index contributed by atoms with van der Waals surface area (Å²) in [6.07, 6.45) is 2.15. The van der Waals surface area contributed by atoms with Crippen molar-refractivity contribution in [2.24, 2.45) is 11.8 Å². The third-order valence-corrected chi connectivity index (χ3v) is 8.38. The molecule has 0 radical (unpaired) electrons. The van der Waals surface area contributed by atoms with Crippen LogP contribution in [-0.4, -0.2) is 87.3 Å². The van der Waals surface area contributed by atoms with Gasteiger partial charge in [0.05, 0.1) is 17.6 Å². The van der Waals surface area contributed by atoms with Crippen LogP contribution in [0.3, 0.4) is 0 Å². The normalized spacial score (nSPS) is 19.3. The van der Waals surface area contributed by atoms with Gasteiger partial charge in [-0.3, -0.25) is 9.69 Å². The van der Waals surface area contributed by atoms with Crippen molar-refractivity contribution < 1.29 is 22.7 Å². The van der Waals surface area contributed by atoms with Gasteiger partial charge in [-0.2, -0.15) is 4.31 Å². The highest BCUT2D eigenvalue weighted by Gasteiger charge is 2.36. The Bertz CT molecular complexity index is 902. The maximum atomic E-state index is 13.2. The molecule has 0 aromatic heterocycles. The number of rotatable bonds is 7. The van der Waals surface area contributed by atoms with Crippen molar-refractivity contribution >= 4 is 21.9 Å². The average Bonchev–Trinajstić information content (AvgIpc) is 2.82. The van der Waals surface area contributed by atoms with Crippen LogP contribution in [0.5, 0.6) is 0 Å². The second kappa shape index (κ2) is 10.8. The molecule has 8 nitrogen and oxygen atoms in total. The highest BCUT2D eigenvalue weighted by Crippen LogP contribution is 2.27. The van der Waals surface area contributed by atoms with Crippen LogP contribution in [0.4, 0.5) is 0 Å². The van der Waals surface area contributed by atoms with Crippen LogP contribution in [0.15, 0.2) is 29.2 Å². The summed E-state index contributed by atoms with van der Waals surface area (Å²) in [6.45, 7) is 9.32. The van der Waals surface area contributed by atoms with Crippen LogP contribution in [-0.2, 0) is 19.6 Å². The molecule has 0 N–H and O–H groups in total. The van der Waals surface area contributed by atoms with Crippen LogP contribution in [0.1, 0.15) is 43.5 Å². The minimum absolute atomic E-state index is 0.0311. The van der Waals surface area contributed by atoms with E-state index in [1.807, 2.05) is 4.90 Å². The maximum absolute atomic E-state index is 13.2. The zero-order chi connectivity index (χ0) is 23.3. The Hall–Kier alpha value is -1.97. The van der Waals surface area contributed by atoms with E-state index < -0.39 is 16.0 Å². The lowest BCUT2D eigenvalue weighted by atomic mass is 9.96. The average molecular weight is 466 g/mol. The number of ether oxygens (including phenoxy) is 1. The minimum atomic E-state index is -3.84. The molecule has 2 aliphatic rings. The summed E-state index contributed by atoms with van der Waals surface area (Å²) in [7, 11) is -2.61. The molecular formula is C23H35N3O5S. The molecule has 178 valence electrons. The maximum Gasteiger partial charge on any atom is 0.339 e. The lowest BCUT2D eigenvalue weighted by molar-refractivity contribution is -0.138. The number of hydrogen-bond donors (Lipinski definition) is 0. The third-order valence-electron chi connectivity index (χ3n) is 6.42.